The number of carbonyl (C=O) groups is 1. The van der Waals surface area contributed by atoms with Gasteiger partial charge in [0.1, 0.15) is 11.3 Å². The van der Waals surface area contributed by atoms with Gasteiger partial charge >= 0.3 is 11.6 Å². The van der Waals surface area contributed by atoms with Crippen LogP contribution in [0.25, 0.3) is 22.1 Å². The molecule has 2 aromatic carbocycles. The molecule has 4 heteroatoms. The molecule has 0 saturated heterocycles. The van der Waals surface area contributed by atoms with E-state index >= 15 is 0 Å². The first-order chi connectivity index (χ1) is 13.5. The molecule has 28 heavy (non-hydrogen) atoms. The van der Waals surface area contributed by atoms with Gasteiger partial charge in [-0.2, -0.15) is 0 Å². The number of ether oxygens (including phenoxy) is 1. The number of rotatable bonds is 7. The predicted octanol–water partition coefficient (Wildman–Crippen LogP) is 5.67. The summed E-state index contributed by atoms with van der Waals surface area (Å²) in [6.07, 6.45) is 4.49. The van der Waals surface area contributed by atoms with Gasteiger partial charge in [-0.1, -0.05) is 50.6 Å². The zero-order valence-corrected chi connectivity index (χ0v) is 16.3. The fourth-order valence-electron chi connectivity index (χ4n) is 2.99. The van der Waals surface area contributed by atoms with Crippen LogP contribution in [0.5, 0.6) is 5.75 Å². The number of fused-ring (bicyclic) bond motifs is 1. The maximum absolute atomic E-state index is 12.5. The minimum absolute atomic E-state index is 0.327. The highest BCUT2D eigenvalue weighted by Gasteiger charge is 2.10. The highest BCUT2D eigenvalue weighted by atomic mass is 16.5. The van der Waals surface area contributed by atoms with Crippen molar-refractivity contribution in [2.24, 2.45) is 0 Å². The van der Waals surface area contributed by atoms with Crippen molar-refractivity contribution in [3.8, 4) is 16.9 Å². The highest BCUT2D eigenvalue weighted by molar-refractivity contribution is 5.89. The second-order valence-corrected chi connectivity index (χ2v) is 6.97. The van der Waals surface area contributed by atoms with Gasteiger partial charge in [-0.25, -0.2) is 9.59 Å². The zero-order chi connectivity index (χ0) is 20.1. The van der Waals surface area contributed by atoms with Crippen LogP contribution >= 0.6 is 0 Å². The first-order valence-corrected chi connectivity index (χ1v) is 9.53. The van der Waals surface area contributed by atoms with Gasteiger partial charge in [-0.15, -0.1) is 0 Å². The van der Waals surface area contributed by atoms with Crippen molar-refractivity contribution in [3.63, 3.8) is 0 Å². The van der Waals surface area contributed by atoms with Crippen LogP contribution in [-0.4, -0.2) is 5.97 Å². The maximum Gasteiger partial charge on any atom is 0.344 e. The Bertz CT molecular complexity index is 1060. The molecule has 0 aliphatic heterocycles. The molecule has 0 atom stereocenters. The first-order valence-electron chi connectivity index (χ1n) is 9.53. The molecule has 1 heterocycles. The summed E-state index contributed by atoms with van der Waals surface area (Å²) in [4.78, 5) is 24.1. The Balaban J connectivity index is 1.85. The van der Waals surface area contributed by atoms with Crippen molar-refractivity contribution < 1.29 is 13.9 Å². The summed E-state index contributed by atoms with van der Waals surface area (Å²) in [7, 11) is 0. The summed E-state index contributed by atoms with van der Waals surface area (Å²) in [6, 6.07) is 14.6. The van der Waals surface area contributed by atoms with E-state index in [-0.39, 0.29) is 5.63 Å². The Morgan fingerprint density at radius 3 is 2.50 bits per heavy atom. The Labute approximate surface area is 164 Å². The lowest BCUT2D eigenvalue weighted by molar-refractivity contribution is -0.130. The molecule has 3 aromatic rings. The molecule has 0 aliphatic rings. The monoisotopic (exact) mass is 376 g/mol. The number of unbranched alkanes of at least 4 members (excludes halogenated alkanes) is 2. The van der Waals surface area contributed by atoms with Crippen molar-refractivity contribution in [2.75, 3.05) is 0 Å². The molecule has 0 aliphatic carbocycles. The van der Waals surface area contributed by atoms with Crippen LogP contribution < -0.4 is 10.4 Å². The van der Waals surface area contributed by atoms with E-state index in [1.165, 1.54) is 18.4 Å². The van der Waals surface area contributed by atoms with E-state index in [4.69, 9.17) is 9.15 Å². The molecule has 0 bridgehead atoms. The van der Waals surface area contributed by atoms with Crippen molar-refractivity contribution in [3.05, 3.63) is 76.7 Å². The smallest absolute Gasteiger partial charge is 0.344 e. The van der Waals surface area contributed by atoms with Crippen LogP contribution in [0.2, 0.25) is 0 Å². The van der Waals surface area contributed by atoms with E-state index in [0.717, 1.165) is 18.2 Å². The SMILES string of the molecule is C=C(C)C(=O)Oc1ccc(-c2cc3ccc(CCCCC)cc3oc2=O)cc1. The largest absolute Gasteiger partial charge is 0.423 e. The molecule has 0 N–H and O–H groups in total. The van der Waals surface area contributed by atoms with Gasteiger partial charge in [0.2, 0.25) is 0 Å². The van der Waals surface area contributed by atoms with E-state index in [1.807, 2.05) is 18.2 Å². The normalized spacial score (nSPS) is 10.8. The van der Waals surface area contributed by atoms with Crippen molar-refractivity contribution in [1.29, 1.82) is 0 Å². The minimum atomic E-state index is -0.479. The number of aryl methyl sites for hydroxylation is 1. The summed E-state index contributed by atoms with van der Waals surface area (Å²) in [5, 5.41) is 0.881. The second-order valence-electron chi connectivity index (χ2n) is 6.97. The molecule has 0 spiro atoms. The summed E-state index contributed by atoms with van der Waals surface area (Å²) >= 11 is 0. The molecule has 0 unspecified atom stereocenters. The lowest BCUT2D eigenvalue weighted by Gasteiger charge is -2.07. The van der Waals surface area contributed by atoms with Gasteiger partial charge in [0, 0.05) is 11.0 Å². The quantitative estimate of drug-likeness (QED) is 0.175. The Kier molecular flexibility index (Phi) is 6.09. The zero-order valence-electron chi connectivity index (χ0n) is 16.3. The van der Waals surface area contributed by atoms with Crippen molar-refractivity contribution in [2.45, 2.75) is 39.5 Å². The van der Waals surface area contributed by atoms with Crippen LogP contribution in [0.4, 0.5) is 0 Å². The molecule has 0 radical (unpaired) electrons. The molecular formula is C24H24O4. The molecule has 0 amide bonds. The number of hydrogen-bond acceptors (Lipinski definition) is 4. The van der Waals surface area contributed by atoms with Crippen LogP contribution in [0, 0.1) is 0 Å². The summed E-state index contributed by atoms with van der Waals surface area (Å²) < 4.78 is 10.7. The number of benzene rings is 2. The van der Waals surface area contributed by atoms with E-state index < -0.39 is 5.97 Å². The third-order valence-electron chi connectivity index (χ3n) is 4.59. The van der Waals surface area contributed by atoms with E-state index in [9.17, 15) is 9.59 Å². The van der Waals surface area contributed by atoms with Gasteiger partial charge in [-0.3, -0.25) is 0 Å². The standard InChI is InChI=1S/C24H24O4/c1-4-5-6-7-17-8-9-19-15-21(24(26)28-22(19)14-17)18-10-12-20(13-11-18)27-23(25)16(2)3/h8-15H,2,4-7H2,1,3H3. The Morgan fingerprint density at radius 2 is 1.82 bits per heavy atom. The number of esters is 1. The van der Waals surface area contributed by atoms with E-state index in [1.54, 1.807) is 31.2 Å². The van der Waals surface area contributed by atoms with Gasteiger partial charge in [-0.05, 0) is 55.2 Å². The summed E-state index contributed by atoms with van der Waals surface area (Å²) in [5.74, 6) is -0.0774. The van der Waals surface area contributed by atoms with E-state index in [0.29, 0.717) is 28.0 Å². The van der Waals surface area contributed by atoms with Crippen molar-refractivity contribution >= 4 is 16.9 Å². The lowest BCUT2D eigenvalue weighted by Crippen LogP contribution is -2.08. The molecule has 0 saturated carbocycles. The molecule has 144 valence electrons. The summed E-state index contributed by atoms with van der Waals surface area (Å²) in [6.45, 7) is 7.32. The van der Waals surface area contributed by atoms with Gasteiger partial charge in [0.05, 0.1) is 5.56 Å². The molecule has 0 fully saturated rings. The van der Waals surface area contributed by atoms with Crippen molar-refractivity contribution in [1.82, 2.24) is 0 Å². The third-order valence-corrected chi connectivity index (χ3v) is 4.59. The maximum atomic E-state index is 12.5. The first kappa shape index (κ1) is 19.6. The van der Waals surface area contributed by atoms with Crippen LogP contribution in [0.15, 0.2) is 69.9 Å². The third kappa shape index (κ3) is 4.58. The molecular weight excluding hydrogens is 352 g/mol. The van der Waals surface area contributed by atoms with Crippen LogP contribution in [0.3, 0.4) is 0 Å². The number of carbonyl (C=O) groups excluding carboxylic acids is 1. The molecule has 4 nitrogen and oxygen atoms in total. The topological polar surface area (TPSA) is 56.5 Å². The predicted molar refractivity (Wildman–Crippen MR) is 112 cm³/mol. The van der Waals surface area contributed by atoms with Crippen LogP contribution in [-0.2, 0) is 11.2 Å². The van der Waals surface area contributed by atoms with Gasteiger partial charge < -0.3 is 9.15 Å². The molecule has 1 aromatic heterocycles. The van der Waals surface area contributed by atoms with E-state index in [2.05, 4.69) is 19.6 Å². The minimum Gasteiger partial charge on any atom is -0.423 e. The Hall–Kier alpha value is -3.14. The lowest BCUT2D eigenvalue weighted by atomic mass is 10.0. The fraction of sp³-hybridized carbons (Fsp3) is 0.250. The highest BCUT2D eigenvalue weighted by Crippen LogP contribution is 2.24. The molecule has 3 rings (SSSR count). The van der Waals surface area contributed by atoms with Gasteiger partial charge in [0.25, 0.3) is 0 Å². The average molecular weight is 376 g/mol. The summed E-state index contributed by atoms with van der Waals surface area (Å²) in [5.41, 5.74) is 2.91. The second kappa shape index (κ2) is 8.70. The fourth-order valence-corrected chi connectivity index (χ4v) is 2.99. The van der Waals surface area contributed by atoms with Crippen LogP contribution in [0.1, 0.15) is 38.7 Å². The Morgan fingerprint density at radius 1 is 1.07 bits per heavy atom. The number of hydrogen-bond donors (Lipinski definition) is 0. The van der Waals surface area contributed by atoms with Gasteiger partial charge in [0.15, 0.2) is 0 Å². The average Bonchev–Trinajstić information content (AvgIpc) is 2.68.